The molecule has 0 bridgehead atoms. The third-order valence-electron chi connectivity index (χ3n) is 4.90. The SMILES string of the molecule is CC(=O)Nc1[nH]c(C=O)c(C)c1OC(=O)C1C(C)CC(C)CC1C. The van der Waals surface area contributed by atoms with Crippen molar-refractivity contribution in [2.75, 3.05) is 5.32 Å². The van der Waals surface area contributed by atoms with Gasteiger partial charge in [-0.3, -0.25) is 14.4 Å². The van der Waals surface area contributed by atoms with Gasteiger partial charge in [-0.15, -0.1) is 0 Å². The van der Waals surface area contributed by atoms with Gasteiger partial charge in [-0.2, -0.15) is 0 Å². The van der Waals surface area contributed by atoms with Crippen molar-refractivity contribution in [3.63, 3.8) is 0 Å². The van der Waals surface area contributed by atoms with Crippen LogP contribution in [0.15, 0.2) is 0 Å². The molecular weight excluding hydrogens is 308 g/mol. The van der Waals surface area contributed by atoms with E-state index in [0.29, 0.717) is 23.5 Å². The molecule has 0 spiro atoms. The Morgan fingerprint density at radius 2 is 1.79 bits per heavy atom. The van der Waals surface area contributed by atoms with Crippen LogP contribution in [-0.4, -0.2) is 23.1 Å². The van der Waals surface area contributed by atoms with Gasteiger partial charge in [0.15, 0.2) is 17.9 Å². The maximum atomic E-state index is 12.7. The van der Waals surface area contributed by atoms with E-state index in [1.807, 2.05) is 0 Å². The molecule has 1 aromatic heterocycles. The van der Waals surface area contributed by atoms with Gasteiger partial charge in [0.05, 0.1) is 11.6 Å². The number of carbonyl (C=O) groups excluding carboxylic acids is 3. The van der Waals surface area contributed by atoms with Gasteiger partial charge in [0.1, 0.15) is 0 Å². The highest BCUT2D eigenvalue weighted by Gasteiger charge is 2.38. The summed E-state index contributed by atoms with van der Waals surface area (Å²) in [6.45, 7) is 9.40. The molecule has 0 aliphatic heterocycles. The van der Waals surface area contributed by atoms with Gasteiger partial charge >= 0.3 is 5.97 Å². The molecule has 6 nitrogen and oxygen atoms in total. The van der Waals surface area contributed by atoms with Crippen LogP contribution in [0.25, 0.3) is 0 Å². The summed E-state index contributed by atoms with van der Waals surface area (Å²) < 4.78 is 5.63. The van der Waals surface area contributed by atoms with Gasteiger partial charge in [-0.1, -0.05) is 20.8 Å². The first kappa shape index (κ1) is 18.2. The largest absolute Gasteiger partial charge is 0.422 e. The lowest BCUT2D eigenvalue weighted by Crippen LogP contribution is -2.37. The van der Waals surface area contributed by atoms with Crippen molar-refractivity contribution >= 4 is 24.0 Å². The van der Waals surface area contributed by atoms with Crippen LogP contribution in [0.5, 0.6) is 5.75 Å². The molecule has 2 rings (SSSR count). The number of esters is 1. The van der Waals surface area contributed by atoms with Crippen LogP contribution in [0.2, 0.25) is 0 Å². The van der Waals surface area contributed by atoms with Crippen molar-refractivity contribution in [2.45, 2.75) is 47.5 Å². The van der Waals surface area contributed by atoms with E-state index in [1.165, 1.54) is 6.92 Å². The van der Waals surface area contributed by atoms with Gasteiger partial charge < -0.3 is 15.0 Å². The van der Waals surface area contributed by atoms with E-state index in [-0.39, 0.29) is 41.2 Å². The van der Waals surface area contributed by atoms with E-state index in [4.69, 9.17) is 4.74 Å². The summed E-state index contributed by atoms with van der Waals surface area (Å²) in [6, 6.07) is 0. The number of carbonyl (C=O) groups is 3. The van der Waals surface area contributed by atoms with Crippen molar-refractivity contribution in [3.05, 3.63) is 11.3 Å². The molecule has 1 heterocycles. The molecule has 24 heavy (non-hydrogen) atoms. The molecule has 6 heteroatoms. The van der Waals surface area contributed by atoms with Crippen LogP contribution in [0, 0.1) is 30.6 Å². The zero-order chi connectivity index (χ0) is 18.0. The second-order valence-electron chi connectivity index (χ2n) is 7.14. The Labute approximate surface area is 142 Å². The van der Waals surface area contributed by atoms with Crippen molar-refractivity contribution in [2.24, 2.45) is 23.7 Å². The van der Waals surface area contributed by atoms with Gasteiger partial charge in [-0.25, -0.2) is 0 Å². The Balaban J connectivity index is 2.26. The van der Waals surface area contributed by atoms with Crippen LogP contribution < -0.4 is 10.1 Å². The van der Waals surface area contributed by atoms with E-state index in [1.54, 1.807) is 6.92 Å². The molecule has 1 aliphatic rings. The summed E-state index contributed by atoms with van der Waals surface area (Å²) in [6.07, 6.45) is 2.63. The highest BCUT2D eigenvalue weighted by atomic mass is 16.5. The van der Waals surface area contributed by atoms with Gasteiger partial charge in [0, 0.05) is 12.5 Å². The number of aromatic nitrogens is 1. The summed E-state index contributed by atoms with van der Waals surface area (Å²) in [7, 11) is 0. The Bertz CT molecular complexity index is 638. The zero-order valence-electron chi connectivity index (χ0n) is 14.9. The molecule has 132 valence electrons. The van der Waals surface area contributed by atoms with E-state index in [2.05, 4.69) is 31.1 Å². The average Bonchev–Trinajstić information content (AvgIpc) is 2.74. The number of ether oxygens (including phenoxy) is 1. The van der Waals surface area contributed by atoms with E-state index >= 15 is 0 Å². The summed E-state index contributed by atoms with van der Waals surface area (Å²) in [5.74, 6) is 0.781. The number of amides is 1. The van der Waals surface area contributed by atoms with Gasteiger partial charge in [0.2, 0.25) is 5.91 Å². The van der Waals surface area contributed by atoms with Crippen molar-refractivity contribution in [1.82, 2.24) is 4.98 Å². The first-order chi connectivity index (χ1) is 11.2. The van der Waals surface area contributed by atoms with E-state index in [0.717, 1.165) is 12.8 Å². The normalized spacial score (nSPS) is 26.7. The van der Waals surface area contributed by atoms with Crippen molar-refractivity contribution in [1.29, 1.82) is 0 Å². The number of rotatable bonds is 4. The fourth-order valence-corrected chi connectivity index (χ4v) is 3.96. The summed E-state index contributed by atoms with van der Waals surface area (Å²) in [4.78, 5) is 38.0. The highest BCUT2D eigenvalue weighted by Crippen LogP contribution is 2.40. The van der Waals surface area contributed by atoms with Crippen LogP contribution in [0.4, 0.5) is 5.82 Å². The van der Waals surface area contributed by atoms with Crippen LogP contribution in [0.1, 0.15) is 56.6 Å². The van der Waals surface area contributed by atoms with Crippen LogP contribution in [0.3, 0.4) is 0 Å². The van der Waals surface area contributed by atoms with Crippen LogP contribution >= 0.6 is 0 Å². The van der Waals surface area contributed by atoms with Crippen LogP contribution in [-0.2, 0) is 9.59 Å². The molecule has 1 saturated carbocycles. The van der Waals surface area contributed by atoms with Crippen molar-refractivity contribution in [3.8, 4) is 5.75 Å². The molecule has 2 atom stereocenters. The maximum Gasteiger partial charge on any atom is 0.315 e. The molecular formula is C18H26N2O4. The zero-order valence-corrected chi connectivity index (χ0v) is 14.9. The lowest BCUT2D eigenvalue weighted by Gasteiger charge is -2.36. The lowest BCUT2D eigenvalue weighted by atomic mass is 9.69. The number of aromatic amines is 1. The number of hydrogen-bond acceptors (Lipinski definition) is 4. The van der Waals surface area contributed by atoms with Gasteiger partial charge in [-0.05, 0) is 37.5 Å². The quantitative estimate of drug-likeness (QED) is 0.653. The van der Waals surface area contributed by atoms with E-state index in [9.17, 15) is 14.4 Å². The van der Waals surface area contributed by atoms with Gasteiger partial charge in [0.25, 0.3) is 0 Å². The maximum absolute atomic E-state index is 12.7. The van der Waals surface area contributed by atoms with E-state index < -0.39 is 0 Å². The Morgan fingerprint density at radius 3 is 2.29 bits per heavy atom. The number of anilines is 1. The summed E-state index contributed by atoms with van der Waals surface area (Å²) >= 11 is 0. The molecule has 2 N–H and O–H groups in total. The lowest BCUT2D eigenvalue weighted by molar-refractivity contribution is -0.144. The molecule has 1 aromatic rings. The number of hydrogen-bond donors (Lipinski definition) is 2. The molecule has 0 radical (unpaired) electrons. The third-order valence-corrected chi connectivity index (χ3v) is 4.90. The molecule has 1 amide bonds. The molecule has 0 saturated heterocycles. The molecule has 2 unspecified atom stereocenters. The number of nitrogens with one attached hydrogen (secondary N) is 2. The Kier molecular flexibility index (Phi) is 5.47. The first-order valence-corrected chi connectivity index (χ1v) is 8.41. The molecule has 1 fully saturated rings. The fourth-order valence-electron chi connectivity index (χ4n) is 3.96. The smallest absolute Gasteiger partial charge is 0.315 e. The summed E-state index contributed by atoms with van der Waals surface area (Å²) in [5, 5.41) is 2.58. The average molecular weight is 334 g/mol. The number of H-pyrrole nitrogens is 1. The summed E-state index contributed by atoms with van der Waals surface area (Å²) in [5.41, 5.74) is 0.812. The predicted octanol–water partition coefficient (Wildman–Crippen LogP) is 3.32. The standard InChI is InChI=1S/C18H26N2O4/c1-9-6-10(2)15(11(3)7-9)18(23)24-16-12(4)14(8-21)20-17(16)19-13(5)22/h8-11,15,20H,6-7H2,1-5H3,(H,19,22). The molecule has 1 aliphatic carbocycles. The second kappa shape index (κ2) is 7.20. The molecule has 0 aromatic carbocycles. The first-order valence-electron chi connectivity index (χ1n) is 8.41. The topological polar surface area (TPSA) is 88.3 Å². The monoisotopic (exact) mass is 334 g/mol. The fraction of sp³-hybridized carbons (Fsp3) is 0.611. The predicted molar refractivity (Wildman–Crippen MR) is 91.1 cm³/mol. The Hall–Kier alpha value is -2.11. The minimum atomic E-state index is -0.306. The highest BCUT2D eigenvalue weighted by molar-refractivity contribution is 5.92. The Morgan fingerprint density at radius 1 is 1.21 bits per heavy atom. The third kappa shape index (κ3) is 3.68. The minimum absolute atomic E-state index is 0.180. The minimum Gasteiger partial charge on any atom is -0.422 e. The van der Waals surface area contributed by atoms with Crippen molar-refractivity contribution < 1.29 is 19.1 Å². The number of aldehydes is 1. The second-order valence-corrected chi connectivity index (χ2v) is 7.14.